The van der Waals surface area contributed by atoms with Crippen molar-refractivity contribution in [1.29, 1.82) is 0 Å². The molecule has 0 spiro atoms. The van der Waals surface area contributed by atoms with Gasteiger partial charge in [-0.15, -0.1) is 0 Å². The number of anilines is 1. The van der Waals surface area contributed by atoms with Crippen molar-refractivity contribution < 1.29 is 32.2 Å². The van der Waals surface area contributed by atoms with Crippen molar-refractivity contribution in [3.8, 4) is 11.5 Å². The Kier molecular flexibility index (Phi) is 12.7. The predicted molar refractivity (Wildman–Crippen MR) is 179 cm³/mol. The van der Waals surface area contributed by atoms with Crippen LogP contribution < -0.4 is 19.5 Å². The number of carbonyl (C=O) groups excluding carboxylic acids is 2. The summed E-state index contributed by atoms with van der Waals surface area (Å²) < 4.78 is 42.2. The topological polar surface area (TPSA) is 127 Å². The molecule has 2 N–H and O–H groups in total. The third-order valence-electron chi connectivity index (χ3n) is 8.45. The number of ether oxygens (including phenoxy) is 3. The summed E-state index contributed by atoms with van der Waals surface area (Å²) in [5, 5.41) is 3.66. The average Bonchev–Trinajstić information content (AvgIpc) is 3.85. The number of hydrogen-bond acceptors (Lipinski definition) is 8. The second-order valence-corrected chi connectivity index (χ2v) is 14.3. The Hall–Kier alpha value is -3.35. The summed E-state index contributed by atoms with van der Waals surface area (Å²) in [6, 6.07) is 12.9. The molecule has 0 aromatic heterocycles. The highest BCUT2D eigenvalue weighted by Crippen LogP contribution is 2.31. The largest absolute Gasteiger partial charge is 0.493 e. The van der Waals surface area contributed by atoms with Gasteiger partial charge in [0, 0.05) is 68.6 Å². The van der Waals surface area contributed by atoms with E-state index in [-0.39, 0.29) is 42.4 Å². The monoisotopic (exact) mass is 658 g/mol. The van der Waals surface area contributed by atoms with Crippen molar-refractivity contribution >= 4 is 27.5 Å². The van der Waals surface area contributed by atoms with Crippen LogP contribution in [0.1, 0.15) is 68.3 Å². The third kappa shape index (κ3) is 10.3. The quantitative estimate of drug-likeness (QED) is 0.244. The van der Waals surface area contributed by atoms with Gasteiger partial charge in [-0.3, -0.25) is 14.3 Å². The minimum atomic E-state index is -3.39. The zero-order valence-electron chi connectivity index (χ0n) is 27.8. The van der Waals surface area contributed by atoms with Crippen LogP contribution in [0.2, 0.25) is 0 Å². The maximum atomic E-state index is 13.8. The van der Waals surface area contributed by atoms with Crippen LogP contribution in [0, 0.1) is 0 Å². The fourth-order valence-corrected chi connectivity index (χ4v) is 6.65. The number of rotatable bonds is 17. The van der Waals surface area contributed by atoms with Gasteiger partial charge in [-0.05, 0) is 81.8 Å². The number of hydrogen-bond donors (Lipinski definition) is 2. The molecule has 1 saturated carbocycles. The van der Waals surface area contributed by atoms with Gasteiger partial charge in [-0.1, -0.05) is 12.1 Å². The van der Waals surface area contributed by atoms with Crippen molar-refractivity contribution in [2.75, 3.05) is 51.5 Å². The van der Waals surface area contributed by atoms with E-state index in [0.29, 0.717) is 49.1 Å². The lowest BCUT2D eigenvalue weighted by atomic mass is 9.95. The molecule has 2 amide bonds. The van der Waals surface area contributed by atoms with E-state index < -0.39 is 10.0 Å². The van der Waals surface area contributed by atoms with E-state index in [2.05, 4.69) is 10.0 Å². The van der Waals surface area contributed by atoms with Gasteiger partial charge in [0.05, 0.1) is 26.4 Å². The van der Waals surface area contributed by atoms with E-state index in [9.17, 15) is 18.0 Å². The molecule has 254 valence electrons. The van der Waals surface area contributed by atoms with E-state index in [1.165, 1.54) is 0 Å². The Morgan fingerprint density at radius 1 is 1.00 bits per heavy atom. The molecule has 1 saturated heterocycles. The summed E-state index contributed by atoms with van der Waals surface area (Å²) in [5.41, 5.74) is 1.80. The highest BCUT2D eigenvalue weighted by Gasteiger charge is 2.35. The van der Waals surface area contributed by atoms with Crippen LogP contribution in [0.4, 0.5) is 5.69 Å². The number of amides is 2. The second-order valence-electron chi connectivity index (χ2n) is 12.6. The minimum absolute atomic E-state index is 0.0122. The number of benzene rings is 2. The lowest BCUT2D eigenvalue weighted by Crippen LogP contribution is -2.54. The summed E-state index contributed by atoms with van der Waals surface area (Å²) in [6.45, 7) is 6.49. The van der Waals surface area contributed by atoms with Gasteiger partial charge in [0.1, 0.15) is 0 Å². The SMILES string of the molecule is COCCCOc1cc(C(=O)N(C(C)C)[C@@H]2CC[C@H](CCN(C(=O)Cc3cccc(NS(C)(=O)=O)c3)C3CC3)NC2)ccc1OC. The predicted octanol–water partition coefficient (Wildman–Crippen LogP) is 4.08. The van der Waals surface area contributed by atoms with E-state index >= 15 is 0 Å². The molecule has 2 fully saturated rings. The second kappa shape index (κ2) is 16.5. The summed E-state index contributed by atoms with van der Waals surface area (Å²) in [5.74, 6) is 1.16. The Balaban J connectivity index is 1.32. The fourth-order valence-electron chi connectivity index (χ4n) is 6.09. The van der Waals surface area contributed by atoms with Gasteiger partial charge in [0.25, 0.3) is 5.91 Å². The smallest absolute Gasteiger partial charge is 0.254 e. The summed E-state index contributed by atoms with van der Waals surface area (Å²) >= 11 is 0. The Morgan fingerprint density at radius 2 is 1.76 bits per heavy atom. The van der Waals surface area contributed by atoms with Gasteiger partial charge in [-0.25, -0.2) is 8.42 Å². The van der Waals surface area contributed by atoms with Gasteiger partial charge < -0.3 is 29.3 Å². The Bertz CT molecular complexity index is 1420. The lowest BCUT2D eigenvalue weighted by Gasteiger charge is -2.40. The first-order valence-electron chi connectivity index (χ1n) is 16.2. The normalized spacial score (nSPS) is 18.2. The van der Waals surface area contributed by atoms with Gasteiger partial charge >= 0.3 is 0 Å². The van der Waals surface area contributed by atoms with Gasteiger partial charge in [0.15, 0.2) is 11.5 Å². The van der Waals surface area contributed by atoms with E-state index in [1.54, 1.807) is 50.6 Å². The van der Waals surface area contributed by atoms with Crippen LogP contribution >= 0.6 is 0 Å². The maximum absolute atomic E-state index is 13.8. The van der Waals surface area contributed by atoms with E-state index in [1.807, 2.05) is 29.7 Å². The molecule has 2 aromatic carbocycles. The first kappa shape index (κ1) is 35.5. The molecule has 11 nitrogen and oxygen atoms in total. The zero-order valence-corrected chi connectivity index (χ0v) is 28.6. The van der Waals surface area contributed by atoms with Crippen LogP contribution in [0.3, 0.4) is 0 Å². The molecule has 4 rings (SSSR count). The molecule has 0 unspecified atom stereocenters. The molecule has 0 radical (unpaired) electrons. The van der Waals surface area contributed by atoms with E-state index in [4.69, 9.17) is 14.2 Å². The van der Waals surface area contributed by atoms with E-state index in [0.717, 1.165) is 50.3 Å². The number of methoxy groups -OCH3 is 2. The number of nitrogens with one attached hydrogen (secondary N) is 2. The lowest BCUT2D eigenvalue weighted by molar-refractivity contribution is -0.131. The Morgan fingerprint density at radius 3 is 2.39 bits per heavy atom. The van der Waals surface area contributed by atoms with Crippen molar-refractivity contribution in [1.82, 2.24) is 15.1 Å². The fraction of sp³-hybridized carbons (Fsp3) is 0.588. The molecule has 46 heavy (non-hydrogen) atoms. The van der Waals surface area contributed by atoms with Crippen molar-refractivity contribution in [2.24, 2.45) is 0 Å². The highest BCUT2D eigenvalue weighted by molar-refractivity contribution is 7.92. The summed E-state index contributed by atoms with van der Waals surface area (Å²) in [4.78, 5) is 31.1. The Labute approximate surface area is 274 Å². The molecule has 2 aromatic rings. The molecule has 1 heterocycles. The number of carbonyl (C=O) groups is 2. The minimum Gasteiger partial charge on any atom is -0.493 e. The molecule has 1 aliphatic carbocycles. The average molecular weight is 659 g/mol. The highest BCUT2D eigenvalue weighted by atomic mass is 32.2. The number of nitrogens with zero attached hydrogens (tertiary/aromatic N) is 2. The number of sulfonamides is 1. The van der Waals surface area contributed by atoms with Crippen LogP contribution in [-0.4, -0.2) is 101 Å². The molecule has 2 aliphatic rings. The van der Waals surface area contributed by atoms with Gasteiger partial charge in [0.2, 0.25) is 15.9 Å². The van der Waals surface area contributed by atoms with Crippen molar-refractivity contribution in [3.05, 3.63) is 53.6 Å². The summed E-state index contributed by atoms with van der Waals surface area (Å²) in [7, 11) is -0.154. The first-order chi connectivity index (χ1) is 22.0. The van der Waals surface area contributed by atoms with Gasteiger partial charge in [-0.2, -0.15) is 0 Å². The summed E-state index contributed by atoms with van der Waals surface area (Å²) in [6.07, 6.45) is 6.71. The van der Waals surface area contributed by atoms with Crippen molar-refractivity contribution in [2.45, 2.75) is 83.0 Å². The third-order valence-corrected chi connectivity index (χ3v) is 9.05. The molecular formula is C34H50N4O7S. The maximum Gasteiger partial charge on any atom is 0.254 e. The van der Waals surface area contributed by atoms with Crippen LogP contribution in [0.25, 0.3) is 0 Å². The van der Waals surface area contributed by atoms with Crippen LogP contribution in [-0.2, 0) is 26.0 Å². The molecule has 12 heteroatoms. The van der Waals surface area contributed by atoms with Crippen LogP contribution in [0.15, 0.2) is 42.5 Å². The molecule has 1 aliphatic heterocycles. The molecule has 2 atom stereocenters. The molecule has 0 bridgehead atoms. The standard InChI is InChI=1S/C34H50N4O7S/c1-24(2)38(34(40)26-10-15-31(44-4)32(22-26)45-19-7-18-43-3)30-12-11-27(35-23-30)16-17-37(29-13-14-29)33(39)21-25-8-6-9-28(20-25)36-46(5,41)42/h6,8-10,15,20,22,24,27,29-30,35-36H,7,11-14,16-19,21,23H2,1-5H3/t27-,30-/m1/s1. The first-order valence-corrected chi connectivity index (χ1v) is 18.1. The molecular weight excluding hydrogens is 608 g/mol. The van der Waals surface area contributed by atoms with Crippen LogP contribution in [0.5, 0.6) is 11.5 Å². The van der Waals surface area contributed by atoms with Crippen molar-refractivity contribution in [3.63, 3.8) is 0 Å². The zero-order chi connectivity index (χ0) is 33.3. The number of piperidine rings is 1.